The van der Waals surface area contributed by atoms with E-state index in [1.54, 1.807) is 19.6 Å². The number of hydrogen-bond donors (Lipinski definition) is 2. The van der Waals surface area contributed by atoms with Crippen molar-refractivity contribution in [3.05, 3.63) is 48.0 Å². The number of nitrogens with two attached hydrogens (primary N) is 1. The van der Waals surface area contributed by atoms with Crippen molar-refractivity contribution in [1.29, 1.82) is 0 Å². The van der Waals surface area contributed by atoms with Crippen molar-refractivity contribution in [2.75, 3.05) is 20.3 Å². The van der Waals surface area contributed by atoms with Crippen LogP contribution in [0.15, 0.2) is 36.8 Å². The molecule has 6 heteroatoms. The SMILES string of the molecule is COCCOc1ccccc1C(NN)c1cncn1C. The van der Waals surface area contributed by atoms with Crippen LogP contribution in [0.25, 0.3) is 0 Å². The zero-order valence-corrected chi connectivity index (χ0v) is 11.7. The van der Waals surface area contributed by atoms with E-state index < -0.39 is 0 Å². The van der Waals surface area contributed by atoms with Gasteiger partial charge in [0, 0.05) is 19.7 Å². The number of hydrazine groups is 1. The first-order valence-corrected chi connectivity index (χ1v) is 6.41. The number of methoxy groups -OCH3 is 1. The summed E-state index contributed by atoms with van der Waals surface area (Å²) >= 11 is 0. The Hall–Kier alpha value is -1.89. The Balaban J connectivity index is 2.28. The molecular weight excluding hydrogens is 256 g/mol. The van der Waals surface area contributed by atoms with E-state index in [0.29, 0.717) is 13.2 Å². The van der Waals surface area contributed by atoms with E-state index in [0.717, 1.165) is 17.0 Å². The van der Waals surface area contributed by atoms with Crippen LogP contribution < -0.4 is 16.0 Å². The van der Waals surface area contributed by atoms with Gasteiger partial charge < -0.3 is 14.0 Å². The van der Waals surface area contributed by atoms with Crippen molar-refractivity contribution in [3.63, 3.8) is 0 Å². The fourth-order valence-electron chi connectivity index (χ4n) is 2.07. The highest BCUT2D eigenvalue weighted by atomic mass is 16.5. The van der Waals surface area contributed by atoms with Gasteiger partial charge in [0.05, 0.1) is 30.9 Å². The molecule has 0 saturated carbocycles. The Morgan fingerprint density at radius 2 is 2.15 bits per heavy atom. The summed E-state index contributed by atoms with van der Waals surface area (Å²) < 4.78 is 12.7. The Morgan fingerprint density at radius 3 is 2.80 bits per heavy atom. The average molecular weight is 276 g/mol. The van der Waals surface area contributed by atoms with Gasteiger partial charge in [-0.15, -0.1) is 0 Å². The van der Waals surface area contributed by atoms with Crippen molar-refractivity contribution in [3.8, 4) is 5.75 Å². The molecule has 0 aliphatic rings. The quantitative estimate of drug-likeness (QED) is 0.448. The van der Waals surface area contributed by atoms with Crippen LogP contribution in [0.2, 0.25) is 0 Å². The topological polar surface area (TPSA) is 74.3 Å². The van der Waals surface area contributed by atoms with Crippen LogP contribution in [-0.4, -0.2) is 29.9 Å². The van der Waals surface area contributed by atoms with E-state index in [4.69, 9.17) is 15.3 Å². The normalized spacial score (nSPS) is 12.3. The van der Waals surface area contributed by atoms with Crippen molar-refractivity contribution in [2.24, 2.45) is 12.9 Å². The third-order valence-electron chi connectivity index (χ3n) is 3.09. The highest BCUT2D eigenvalue weighted by molar-refractivity contribution is 5.39. The third-order valence-corrected chi connectivity index (χ3v) is 3.09. The molecule has 1 aromatic carbocycles. The van der Waals surface area contributed by atoms with Crippen LogP contribution in [0.3, 0.4) is 0 Å². The summed E-state index contributed by atoms with van der Waals surface area (Å²) in [7, 11) is 3.58. The lowest BCUT2D eigenvalue weighted by Crippen LogP contribution is -2.30. The van der Waals surface area contributed by atoms with Crippen LogP contribution in [-0.2, 0) is 11.8 Å². The number of ether oxygens (including phenoxy) is 2. The number of para-hydroxylation sites is 1. The van der Waals surface area contributed by atoms with Crippen molar-refractivity contribution in [1.82, 2.24) is 15.0 Å². The monoisotopic (exact) mass is 276 g/mol. The number of hydrogen-bond acceptors (Lipinski definition) is 5. The molecule has 20 heavy (non-hydrogen) atoms. The smallest absolute Gasteiger partial charge is 0.124 e. The highest BCUT2D eigenvalue weighted by Crippen LogP contribution is 2.29. The number of aromatic nitrogens is 2. The first-order valence-electron chi connectivity index (χ1n) is 6.41. The second-order valence-corrected chi connectivity index (χ2v) is 4.41. The molecule has 0 aliphatic heterocycles. The minimum Gasteiger partial charge on any atom is -0.491 e. The van der Waals surface area contributed by atoms with Gasteiger partial charge in [0.2, 0.25) is 0 Å². The largest absolute Gasteiger partial charge is 0.491 e. The summed E-state index contributed by atoms with van der Waals surface area (Å²) in [6, 6.07) is 7.62. The number of aryl methyl sites for hydroxylation is 1. The molecule has 0 radical (unpaired) electrons. The Kier molecular flexibility index (Phi) is 5.11. The molecule has 108 valence electrons. The molecule has 0 spiro atoms. The third kappa shape index (κ3) is 3.16. The van der Waals surface area contributed by atoms with Gasteiger partial charge in [-0.2, -0.15) is 0 Å². The fraction of sp³-hybridized carbons (Fsp3) is 0.357. The molecule has 1 heterocycles. The summed E-state index contributed by atoms with van der Waals surface area (Å²) in [4.78, 5) is 4.13. The molecule has 0 fully saturated rings. The summed E-state index contributed by atoms with van der Waals surface area (Å²) in [5, 5.41) is 0. The number of imidazole rings is 1. The van der Waals surface area contributed by atoms with Crippen molar-refractivity contribution >= 4 is 0 Å². The molecule has 2 rings (SSSR count). The lowest BCUT2D eigenvalue weighted by atomic mass is 10.0. The molecular formula is C14H20N4O2. The van der Waals surface area contributed by atoms with Crippen LogP contribution in [0.5, 0.6) is 5.75 Å². The van der Waals surface area contributed by atoms with E-state index in [-0.39, 0.29) is 6.04 Å². The standard InChI is InChI=1S/C14H20N4O2/c1-18-10-16-9-12(18)14(17-15)11-5-3-4-6-13(11)20-8-7-19-2/h3-6,9-10,14,17H,7-8,15H2,1-2H3. The molecule has 0 amide bonds. The lowest BCUT2D eigenvalue weighted by molar-refractivity contribution is 0.145. The molecule has 6 nitrogen and oxygen atoms in total. The van der Waals surface area contributed by atoms with Gasteiger partial charge in [-0.25, -0.2) is 10.4 Å². The van der Waals surface area contributed by atoms with Gasteiger partial charge in [-0.3, -0.25) is 5.84 Å². The number of benzene rings is 1. The zero-order valence-electron chi connectivity index (χ0n) is 11.7. The second-order valence-electron chi connectivity index (χ2n) is 4.41. The second kappa shape index (κ2) is 7.04. The van der Waals surface area contributed by atoms with Gasteiger partial charge >= 0.3 is 0 Å². The molecule has 1 aromatic heterocycles. The number of nitrogens with one attached hydrogen (secondary N) is 1. The van der Waals surface area contributed by atoms with Gasteiger partial charge in [-0.05, 0) is 6.07 Å². The minimum absolute atomic E-state index is 0.179. The molecule has 0 bridgehead atoms. The first kappa shape index (κ1) is 14.5. The molecule has 1 unspecified atom stereocenters. The average Bonchev–Trinajstić information content (AvgIpc) is 2.88. The van der Waals surface area contributed by atoms with E-state index in [2.05, 4.69) is 10.4 Å². The lowest BCUT2D eigenvalue weighted by Gasteiger charge is -2.20. The molecule has 2 aromatic rings. The predicted octanol–water partition coefficient (Wildman–Crippen LogP) is 0.998. The van der Waals surface area contributed by atoms with E-state index in [1.165, 1.54) is 0 Å². The number of rotatable bonds is 7. The summed E-state index contributed by atoms with van der Waals surface area (Å²) in [5.41, 5.74) is 4.76. The maximum atomic E-state index is 5.75. The van der Waals surface area contributed by atoms with Gasteiger partial charge in [0.25, 0.3) is 0 Å². The molecule has 3 N–H and O–H groups in total. The fourth-order valence-corrected chi connectivity index (χ4v) is 2.07. The van der Waals surface area contributed by atoms with Crippen LogP contribution in [0.1, 0.15) is 17.3 Å². The van der Waals surface area contributed by atoms with Crippen LogP contribution in [0, 0.1) is 0 Å². The van der Waals surface area contributed by atoms with Gasteiger partial charge in [0.15, 0.2) is 0 Å². The molecule has 0 saturated heterocycles. The Bertz CT molecular complexity index is 541. The molecule has 0 aliphatic carbocycles. The Morgan fingerprint density at radius 1 is 1.35 bits per heavy atom. The number of nitrogens with zero attached hydrogens (tertiary/aromatic N) is 2. The van der Waals surface area contributed by atoms with Crippen molar-refractivity contribution < 1.29 is 9.47 Å². The van der Waals surface area contributed by atoms with Gasteiger partial charge in [0.1, 0.15) is 12.4 Å². The van der Waals surface area contributed by atoms with E-state index in [9.17, 15) is 0 Å². The van der Waals surface area contributed by atoms with Gasteiger partial charge in [-0.1, -0.05) is 18.2 Å². The first-order chi connectivity index (χ1) is 9.77. The minimum atomic E-state index is -0.179. The highest BCUT2D eigenvalue weighted by Gasteiger charge is 2.19. The van der Waals surface area contributed by atoms with Crippen LogP contribution >= 0.6 is 0 Å². The Labute approximate surface area is 118 Å². The zero-order chi connectivity index (χ0) is 14.4. The summed E-state index contributed by atoms with van der Waals surface area (Å²) in [6.07, 6.45) is 3.53. The van der Waals surface area contributed by atoms with Crippen molar-refractivity contribution in [2.45, 2.75) is 6.04 Å². The van der Waals surface area contributed by atoms with Crippen LogP contribution in [0.4, 0.5) is 0 Å². The maximum absolute atomic E-state index is 5.75. The maximum Gasteiger partial charge on any atom is 0.124 e. The predicted molar refractivity (Wildman–Crippen MR) is 76.2 cm³/mol. The van der Waals surface area contributed by atoms with E-state index >= 15 is 0 Å². The van der Waals surface area contributed by atoms with E-state index in [1.807, 2.05) is 35.9 Å². The summed E-state index contributed by atoms with van der Waals surface area (Å²) in [5.74, 6) is 6.50. The molecule has 1 atom stereocenters. The summed E-state index contributed by atoms with van der Waals surface area (Å²) in [6.45, 7) is 1.04.